The summed E-state index contributed by atoms with van der Waals surface area (Å²) in [4.78, 5) is 14.1. The molecule has 0 aliphatic heterocycles. The van der Waals surface area contributed by atoms with Crippen molar-refractivity contribution in [2.24, 2.45) is 0 Å². The minimum Gasteiger partial charge on any atom is -0.374 e. The second-order valence-corrected chi connectivity index (χ2v) is 4.89. The number of hydrogen-bond acceptors (Lipinski definition) is 2. The van der Waals surface area contributed by atoms with Crippen LogP contribution in [0.5, 0.6) is 0 Å². The Hall–Kier alpha value is -2.16. The molecule has 2 aromatic carbocycles. The molecule has 2 nitrogen and oxygen atoms in total. The Morgan fingerprint density at radius 1 is 1.15 bits per heavy atom. The van der Waals surface area contributed by atoms with Crippen LogP contribution >= 0.6 is 0 Å². The molecule has 104 valence electrons. The molecule has 0 spiro atoms. The molecule has 3 heteroatoms. The highest BCUT2D eigenvalue weighted by molar-refractivity contribution is 5.96. The number of benzene rings is 2. The molecule has 2 rings (SSSR count). The molecule has 0 aliphatic carbocycles. The van der Waals surface area contributed by atoms with E-state index in [2.05, 4.69) is 0 Å². The summed E-state index contributed by atoms with van der Waals surface area (Å²) >= 11 is 0. The number of nitrogens with zero attached hydrogens (tertiary/aromatic N) is 1. The first-order valence-electron chi connectivity index (χ1n) is 6.63. The van der Waals surface area contributed by atoms with Crippen LogP contribution < -0.4 is 4.90 Å². The van der Waals surface area contributed by atoms with Crippen molar-refractivity contribution in [2.75, 3.05) is 18.5 Å². The van der Waals surface area contributed by atoms with Gasteiger partial charge in [0, 0.05) is 31.3 Å². The largest absolute Gasteiger partial charge is 0.374 e. The zero-order chi connectivity index (χ0) is 14.5. The van der Waals surface area contributed by atoms with Gasteiger partial charge in [0.25, 0.3) is 0 Å². The zero-order valence-corrected chi connectivity index (χ0v) is 11.8. The minimum absolute atomic E-state index is 0.0379. The van der Waals surface area contributed by atoms with Crippen LogP contribution in [0.1, 0.15) is 22.3 Å². The third kappa shape index (κ3) is 3.44. The number of Topliss-reactive ketones (excluding diaryl/α,β-unsaturated/α-hetero) is 1. The number of hydrogen-bond donors (Lipinski definition) is 0. The Labute approximate surface area is 118 Å². The normalized spacial score (nSPS) is 10.3. The maximum Gasteiger partial charge on any atom is 0.164 e. The summed E-state index contributed by atoms with van der Waals surface area (Å²) in [5.41, 5.74) is 2.16. The van der Waals surface area contributed by atoms with E-state index in [4.69, 9.17) is 0 Å². The Kier molecular flexibility index (Phi) is 4.51. The van der Waals surface area contributed by atoms with Crippen molar-refractivity contribution in [2.45, 2.75) is 13.3 Å². The van der Waals surface area contributed by atoms with E-state index in [1.165, 1.54) is 6.07 Å². The summed E-state index contributed by atoms with van der Waals surface area (Å²) in [5, 5.41) is 0. The number of rotatable bonds is 5. The SMILES string of the molecule is Cc1cc(C(=O)CCN(C)c2ccccc2)ccc1F. The van der Waals surface area contributed by atoms with E-state index in [1.807, 2.05) is 42.3 Å². The number of ketones is 1. The van der Waals surface area contributed by atoms with Crippen LogP contribution in [0, 0.1) is 12.7 Å². The van der Waals surface area contributed by atoms with Gasteiger partial charge in [0.05, 0.1) is 0 Å². The summed E-state index contributed by atoms with van der Waals surface area (Å²) in [6.07, 6.45) is 0.413. The molecule has 0 fully saturated rings. The van der Waals surface area contributed by atoms with Gasteiger partial charge in [0.15, 0.2) is 5.78 Å². The van der Waals surface area contributed by atoms with Crippen molar-refractivity contribution in [1.29, 1.82) is 0 Å². The van der Waals surface area contributed by atoms with Crippen molar-refractivity contribution in [3.8, 4) is 0 Å². The van der Waals surface area contributed by atoms with Crippen LogP contribution in [0.4, 0.5) is 10.1 Å². The Balaban J connectivity index is 1.97. The van der Waals surface area contributed by atoms with Gasteiger partial charge in [0.2, 0.25) is 0 Å². The summed E-state index contributed by atoms with van der Waals surface area (Å²) in [7, 11) is 1.96. The van der Waals surface area contributed by atoms with Crippen LogP contribution in [-0.4, -0.2) is 19.4 Å². The molecule has 0 saturated heterocycles. The number of carbonyl (C=O) groups excluding carboxylic acids is 1. The van der Waals surface area contributed by atoms with Gasteiger partial charge in [-0.1, -0.05) is 18.2 Å². The van der Waals surface area contributed by atoms with E-state index in [1.54, 1.807) is 19.1 Å². The number of anilines is 1. The third-order valence-electron chi connectivity index (χ3n) is 3.35. The van der Waals surface area contributed by atoms with E-state index in [0.717, 1.165) is 5.69 Å². The van der Waals surface area contributed by atoms with Crippen LogP contribution in [0.15, 0.2) is 48.5 Å². The highest BCUT2D eigenvalue weighted by Crippen LogP contribution is 2.14. The molecule has 0 heterocycles. The molecular weight excluding hydrogens is 253 g/mol. The van der Waals surface area contributed by atoms with Gasteiger partial charge in [-0.15, -0.1) is 0 Å². The van der Waals surface area contributed by atoms with Gasteiger partial charge in [-0.05, 0) is 42.8 Å². The summed E-state index contributed by atoms with van der Waals surface area (Å²) in [6.45, 7) is 2.31. The molecule has 0 unspecified atom stereocenters. The number of halogens is 1. The molecule has 20 heavy (non-hydrogen) atoms. The maximum atomic E-state index is 13.2. The lowest BCUT2D eigenvalue weighted by Crippen LogP contribution is -2.21. The molecule has 0 N–H and O–H groups in total. The molecule has 0 amide bonds. The standard InChI is InChI=1S/C17H18FNO/c1-13-12-14(8-9-16(13)18)17(20)10-11-19(2)15-6-4-3-5-7-15/h3-9,12H,10-11H2,1-2H3. The fraction of sp³-hybridized carbons (Fsp3) is 0.235. The number of carbonyl (C=O) groups is 1. The van der Waals surface area contributed by atoms with E-state index < -0.39 is 0 Å². The maximum absolute atomic E-state index is 13.2. The van der Waals surface area contributed by atoms with E-state index >= 15 is 0 Å². The molecule has 0 radical (unpaired) electrons. The lowest BCUT2D eigenvalue weighted by molar-refractivity contribution is 0.0985. The molecule has 0 aromatic heterocycles. The highest BCUT2D eigenvalue weighted by atomic mass is 19.1. The number of para-hydroxylation sites is 1. The Morgan fingerprint density at radius 3 is 2.50 bits per heavy atom. The van der Waals surface area contributed by atoms with Crippen molar-refractivity contribution in [1.82, 2.24) is 0 Å². The van der Waals surface area contributed by atoms with Gasteiger partial charge >= 0.3 is 0 Å². The van der Waals surface area contributed by atoms with Crippen LogP contribution in [0.2, 0.25) is 0 Å². The van der Waals surface area contributed by atoms with E-state index in [-0.39, 0.29) is 11.6 Å². The predicted molar refractivity (Wildman–Crippen MR) is 79.8 cm³/mol. The first-order valence-corrected chi connectivity index (χ1v) is 6.63. The Morgan fingerprint density at radius 2 is 1.85 bits per heavy atom. The van der Waals surface area contributed by atoms with Crippen molar-refractivity contribution < 1.29 is 9.18 Å². The van der Waals surface area contributed by atoms with E-state index in [0.29, 0.717) is 24.1 Å². The van der Waals surface area contributed by atoms with Crippen molar-refractivity contribution in [3.05, 3.63) is 65.5 Å². The third-order valence-corrected chi connectivity index (χ3v) is 3.35. The first-order chi connectivity index (χ1) is 9.58. The molecule has 0 atom stereocenters. The summed E-state index contributed by atoms with van der Waals surface area (Å²) in [5.74, 6) is -0.237. The van der Waals surface area contributed by atoms with Gasteiger partial charge in [-0.2, -0.15) is 0 Å². The summed E-state index contributed by atoms with van der Waals surface area (Å²) < 4.78 is 13.2. The lowest BCUT2D eigenvalue weighted by atomic mass is 10.1. The van der Waals surface area contributed by atoms with E-state index in [9.17, 15) is 9.18 Å². The molecule has 0 bridgehead atoms. The smallest absolute Gasteiger partial charge is 0.164 e. The van der Waals surface area contributed by atoms with Gasteiger partial charge < -0.3 is 4.90 Å². The van der Waals surface area contributed by atoms with Gasteiger partial charge in [-0.25, -0.2) is 4.39 Å². The fourth-order valence-corrected chi connectivity index (χ4v) is 2.04. The summed E-state index contributed by atoms with van der Waals surface area (Å²) in [6, 6.07) is 14.4. The minimum atomic E-state index is -0.275. The lowest BCUT2D eigenvalue weighted by Gasteiger charge is -2.18. The molecular formula is C17H18FNO. The van der Waals surface area contributed by atoms with Gasteiger partial charge in [-0.3, -0.25) is 4.79 Å². The average molecular weight is 271 g/mol. The van der Waals surface area contributed by atoms with Crippen LogP contribution in [0.25, 0.3) is 0 Å². The number of aryl methyl sites for hydroxylation is 1. The average Bonchev–Trinajstić information content (AvgIpc) is 2.48. The fourth-order valence-electron chi connectivity index (χ4n) is 2.04. The highest BCUT2D eigenvalue weighted by Gasteiger charge is 2.09. The van der Waals surface area contributed by atoms with Crippen LogP contribution in [-0.2, 0) is 0 Å². The second kappa shape index (κ2) is 6.33. The first kappa shape index (κ1) is 14.3. The van der Waals surface area contributed by atoms with Crippen molar-refractivity contribution >= 4 is 11.5 Å². The quantitative estimate of drug-likeness (QED) is 0.770. The zero-order valence-electron chi connectivity index (χ0n) is 11.8. The van der Waals surface area contributed by atoms with Gasteiger partial charge in [0.1, 0.15) is 5.82 Å². The molecule has 0 saturated carbocycles. The topological polar surface area (TPSA) is 20.3 Å². The van der Waals surface area contributed by atoms with Crippen molar-refractivity contribution in [3.63, 3.8) is 0 Å². The predicted octanol–water partition coefficient (Wildman–Crippen LogP) is 3.84. The van der Waals surface area contributed by atoms with Crippen LogP contribution in [0.3, 0.4) is 0 Å². The molecule has 2 aromatic rings. The molecule has 0 aliphatic rings. The Bertz CT molecular complexity index is 595. The monoisotopic (exact) mass is 271 g/mol. The second-order valence-electron chi connectivity index (χ2n) is 4.89.